The van der Waals surface area contributed by atoms with Crippen LogP contribution in [0.4, 0.5) is 0 Å². The second-order valence-electron chi connectivity index (χ2n) is 4.59. The van der Waals surface area contributed by atoms with Crippen LogP contribution in [0.5, 0.6) is 5.75 Å². The summed E-state index contributed by atoms with van der Waals surface area (Å²) in [6, 6.07) is 17.8. The summed E-state index contributed by atoms with van der Waals surface area (Å²) in [5.74, 6) is 0.132. The molecule has 0 saturated heterocycles. The number of rotatable bonds is 2. The smallest absolute Gasteiger partial charge is 0.142 e. The molecule has 3 aromatic rings. The average Bonchev–Trinajstić information content (AvgIpc) is 2.49. The molecule has 0 heterocycles. The van der Waals surface area contributed by atoms with E-state index in [1.807, 2.05) is 24.3 Å². The molecular formula is C17H12BrClO. The van der Waals surface area contributed by atoms with Crippen molar-refractivity contribution in [3.63, 3.8) is 0 Å². The molecule has 100 valence electrons. The fourth-order valence-corrected chi connectivity index (χ4v) is 3.11. The minimum Gasteiger partial charge on any atom is -0.506 e. The monoisotopic (exact) mass is 346 g/mol. The van der Waals surface area contributed by atoms with E-state index in [2.05, 4.69) is 40.2 Å². The van der Waals surface area contributed by atoms with E-state index in [4.69, 9.17) is 11.6 Å². The van der Waals surface area contributed by atoms with Gasteiger partial charge >= 0.3 is 0 Å². The molecule has 3 heteroatoms. The fraction of sp³-hybridized carbons (Fsp3) is 0.0588. The quantitative estimate of drug-likeness (QED) is 0.584. The number of hydrogen-bond acceptors (Lipinski definition) is 1. The SMILES string of the molecule is Oc1c(Cl)cccc1-c1c(CBr)ccc2ccccc12. The molecule has 0 amide bonds. The summed E-state index contributed by atoms with van der Waals surface area (Å²) in [4.78, 5) is 0. The summed E-state index contributed by atoms with van der Waals surface area (Å²) in [7, 11) is 0. The number of aromatic hydroxyl groups is 1. The van der Waals surface area contributed by atoms with Crippen molar-refractivity contribution in [1.29, 1.82) is 0 Å². The average molecular weight is 348 g/mol. The summed E-state index contributed by atoms with van der Waals surface area (Å²) in [6.45, 7) is 0. The number of halogens is 2. The molecule has 20 heavy (non-hydrogen) atoms. The Balaban J connectivity index is 2.42. The standard InChI is InChI=1S/C17H12BrClO/c18-10-12-9-8-11-4-1-2-5-13(11)16(12)14-6-3-7-15(19)17(14)20/h1-9,20H,10H2. The van der Waals surface area contributed by atoms with Crippen LogP contribution < -0.4 is 0 Å². The van der Waals surface area contributed by atoms with Crippen molar-refractivity contribution >= 4 is 38.3 Å². The molecule has 0 unspecified atom stereocenters. The van der Waals surface area contributed by atoms with Crippen molar-refractivity contribution in [2.45, 2.75) is 5.33 Å². The Morgan fingerprint density at radius 2 is 1.75 bits per heavy atom. The molecule has 0 spiro atoms. The maximum absolute atomic E-state index is 10.3. The Morgan fingerprint density at radius 1 is 0.950 bits per heavy atom. The third-order valence-electron chi connectivity index (χ3n) is 3.42. The Kier molecular flexibility index (Phi) is 3.68. The molecule has 0 bridgehead atoms. The number of para-hydroxylation sites is 1. The molecule has 0 radical (unpaired) electrons. The van der Waals surface area contributed by atoms with Crippen molar-refractivity contribution < 1.29 is 5.11 Å². The van der Waals surface area contributed by atoms with E-state index < -0.39 is 0 Å². The second kappa shape index (κ2) is 5.47. The van der Waals surface area contributed by atoms with Gasteiger partial charge in [0.1, 0.15) is 5.75 Å². The molecule has 3 rings (SSSR count). The normalized spacial score (nSPS) is 10.9. The van der Waals surface area contributed by atoms with Crippen LogP contribution in [0.15, 0.2) is 54.6 Å². The third kappa shape index (κ3) is 2.19. The van der Waals surface area contributed by atoms with Crippen LogP contribution in [0, 0.1) is 0 Å². The van der Waals surface area contributed by atoms with Crippen LogP contribution in [0.2, 0.25) is 5.02 Å². The molecule has 3 aromatic carbocycles. The molecule has 0 aliphatic rings. The van der Waals surface area contributed by atoms with Gasteiger partial charge in [-0.2, -0.15) is 0 Å². The van der Waals surface area contributed by atoms with Crippen LogP contribution in [-0.4, -0.2) is 5.11 Å². The summed E-state index contributed by atoms with van der Waals surface area (Å²) in [5.41, 5.74) is 2.92. The Bertz CT molecular complexity index is 783. The van der Waals surface area contributed by atoms with Gasteiger partial charge in [-0.05, 0) is 28.0 Å². The highest BCUT2D eigenvalue weighted by atomic mass is 79.9. The van der Waals surface area contributed by atoms with Gasteiger partial charge in [-0.25, -0.2) is 0 Å². The van der Waals surface area contributed by atoms with Gasteiger partial charge in [0.25, 0.3) is 0 Å². The highest BCUT2D eigenvalue weighted by Crippen LogP contribution is 2.40. The van der Waals surface area contributed by atoms with E-state index in [-0.39, 0.29) is 5.75 Å². The predicted molar refractivity (Wildman–Crippen MR) is 88.7 cm³/mol. The van der Waals surface area contributed by atoms with E-state index in [1.165, 1.54) is 0 Å². The van der Waals surface area contributed by atoms with E-state index in [0.29, 0.717) is 5.02 Å². The Hall–Kier alpha value is -1.51. The van der Waals surface area contributed by atoms with Gasteiger partial charge in [0.2, 0.25) is 0 Å². The number of hydrogen-bond donors (Lipinski definition) is 1. The Morgan fingerprint density at radius 3 is 2.55 bits per heavy atom. The first kappa shape index (κ1) is 13.5. The lowest BCUT2D eigenvalue weighted by atomic mass is 9.93. The lowest BCUT2D eigenvalue weighted by Crippen LogP contribution is -1.89. The van der Waals surface area contributed by atoms with Gasteiger partial charge in [0, 0.05) is 10.9 Å². The van der Waals surface area contributed by atoms with Crippen molar-refractivity contribution in [1.82, 2.24) is 0 Å². The maximum Gasteiger partial charge on any atom is 0.142 e. The predicted octanol–water partition coefficient (Wildman–Crippen LogP) is 5.76. The number of phenols is 1. The van der Waals surface area contributed by atoms with Crippen LogP contribution in [0.3, 0.4) is 0 Å². The van der Waals surface area contributed by atoms with Crippen molar-refractivity contribution in [2.24, 2.45) is 0 Å². The molecule has 0 saturated carbocycles. The molecule has 1 N–H and O–H groups in total. The third-order valence-corrected chi connectivity index (χ3v) is 4.32. The topological polar surface area (TPSA) is 20.2 Å². The van der Waals surface area contributed by atoms with Gasteiger partial charge < -0.3 is 5.11 Å². The number of alkyl halides is 1. The Labute approximate surface area is 131 Å². The van der Waals surface area contributed by atoms with Crippen LogP contribution >= 0.6 is 27.5 Å². The molecular weight excluding hydrogens is 336 g/mol. The summed E-state index contributed by atoms with van der Waals surface area (Å²) >= 11 is 9.57. The molecule has 0 aromatic heterocycles. The van der Waals surface area contributed by atoms with Crippen LogP contribution in [0.25, 0.3) is 21.9 Å². The largest absolute Gasteiger partial charge is 0.506 e. The number of benzene rings is 3. The lowest BCUT2D eigenvalue weighted by Gasteiger charge is -2.14. The first-order valence-corrected chi connectivity index (χ1v) is 7.76. The molecule has 1 nitrogen and oxygen atoms in total. The first-order valence-electron chi connectivity index (χ1n) is 6.27. The van der Waals surface area contributed by atoms with Gasteiger partial charge in [-0.15, -0.1) is 0 Å². The highest BCUT2D eigenvalue weighted by Gasteiger charge is 2.14. The zero-order chi connectivity index (χ0) is 14.1. The lowest BCUT2D eigenvalue weighted by molar-refractivity contribution is 0.477. The molecule has 0 atom stereocenters. The molecule has 0 aliphatic carbocycles. The summed E-state index contributed by atoms with van der Waals surface area (Å²) < 4.78 is 0. The van der Waals surface area contributed by atoms with Crippen molar-refractivity contribution in [3.05, 3.63) is 65.2 Å². The highest BCUT2D eigenvalue weighted by molar-refractivity contribution is 9.08. The summed E-state index contributed by atoms with van der Waals surface area (Å²) in [5, 5.41) is 13.6. The zero-order valence-corrected chi connectivity index (χ0v) is 12.9. The maximum atomic E-state index is 10.3. The minimum absolute atomic E-state index is 0.132. The first-order chi connectivity index (χ1) is 9.72. The van der Waals surface area contributed by atoms with Gasteiger partial charge in [-0.1, -0.05) is 76.1 Å². The van der Waals surface area contributed by atoms with Gasteiger partial charge in [-0.3, -0.25) is 0 Å². The van der Waals surface area contributed by atoms with Crippen LogP contribution in [0.1, 0.15) is 5.56 Å². The van der Waals surface area contributed by atoms with Gasteiger partial charge in [0.15, 0.2) is 0 Å². The minimum atomic E-state index is 0.132. The van der Waals surface area contributed by atoms with E-state index in [1.54, 1.807) is 6.07 Å². The van der Waals surface area contributed by atoms with E-state index >= 15 is 0 Å². The fourth-order valence-electron chi connectivity index (χ4n) is 2.46. The van der Waals surface area contributed by atoms with Gasteiger partial charge in [0.05, 0.1) is 5.02 Å². The number of phenolic OH excluding ortho intramolecular Hbond substituents is 1. The van der Waals surface area contributed by atoms with Crippen molar-refractivity contribution in [2.75, 3.05) is 0 Å². The zero-order valence-electron chi connectivity index (χ0n) is 10.6. The number of fused-ring (bicyclic) bond motifs is 1. The summed E-state index contributed by atoms with van der Waals surface area (Å²) in [6.07, 6.45) is 0. The second-order valence-corrected chi connectivity index (χ2v) is 5.56. The molecule has 0 fully saturated rings. The van der Waals surface area contributed by atoms with E-state index in [9.17, 15) is 5.11 Å². The molecule has 0 aliphatic heterocycles. The van der Waals surface area contributed by atoms with E-state index in [0.717, 1.165) is 32.8 Å². The van der Waals surface area contributed by atoms with Crippen LogP contribution in [-0.2, 0) is 5.33 Å². The van der Waals surface area contributed by atoms with Crippen molar-refractivity contribution in [3.8, 4) is 16.9 Å².